The van der Waals surface area contributed by atoms with Crippen molar-refractivity contribution in [2.75, 3.05) is 13.1 Å². The maximum absolute atomic E-state index is 10.8. The summed E-state index contributed by atoms with van der Waals surface area (Å²) in [6.45, 7) is 4.63. The number of nitro groups is 1. The molecule has 2 rings (SSSR count). The van der Waals surface area contributed by atoms with E-state index in [1.165, 1.54) is 6.07 Å². The van der Waals surface area contributed by atoms with Crippen molar-refractivity contribution in [3.8, 4) is 0 Å². The lowest BCUT2D eigenvalue weighted by Crippen LogP contribution is -2.28. The van der Waals surface area contributed by atoms with E-state index in [1.54, 1.807) is 6.07 Å². The van der Waals surface area contributed by atoms with E-state index < -0.39 is 0 Å². The first-order valence-electron chi connectivity index (χ1n) is 5.87. The van der Waals surface area contributed by atoms with Crippen molar-refractivity contribution in [3.63, 3.8) is 0 Å². The number of hydrogen-bond acceptors (Lipinski definition) is 4. The average Bonchev–Trinajstić information content (AvgIpc) is 2.56. The summed E-state index contributed by atoms with van der Waals surface area (Å²) < 4.78 is 0.739. The van der Waals surface area contributed by atoms with Crippen molar-refractivity contribution in [1.82, 2.24) is 4.90 Å². The van der Waals surface area contributed by atoms with Gasteiger partial charge in [-0.2, -0.15) is 0 Å². The quantitative estimate of drug-likeness (QED) is 0.685. The standard InChI is InChI=1S/C12H16BrN3O2/c1-8-5-15(7-12(8)14)6-9-2-10(13)4-11(3-9)16(17)18/h2-4,8,12H,5-7,14H2,1H3. The monoisotopic (exact) mass is 313 g/mol. The molecule has 1 fully saturated rings. The molecule has 0 saturated carbocycles. The fourth-order valence-electron chi connectivity index (χ4n) is 2.31. The first-order valence-corrected chi connectivity index (χ1v) is 6.67. The second-order valence-electron chi connectivity index (χ2n) is 4.91. The van der Waals surface area contributed by atoms with Crippen molar-refractivity contribution in [2.24, 2.45) is 11.7 Å². The minimum absolute atomic E-state index is 0.121. The highest BCUT2D eigenvalue weighted by Crippen LogP contribution is 2.24. The van der Waals surface area contributed by atoms with E-state index in [4.69, 9.17) is 5.73 Å². The Morgan fingerprint density at radius 3 is 2.78 bits per heavy atom. The van der Waals surface area contributed by atoms with E-state index in [0.29, 0.717) is 12.5 Å². The fraction of sp³-hybridized carbons (Fsp3) is 0.500. The molecule has 0 aliphatic carbocycles. The van der Waals surface area contributed by atoms with E-state index in [1.807, 2.05) is 6.07 Å². The van der Waals surface area contributed by atoms with Crippen LogP contribution >= 0.6 is 15.9 Å². The maximum Gasteiger partial charge on any atom is 0.270 e. The molecule has 1 saturated heterocycles. The predicted molar refractivity (Wildman–Crippen MR) is 73.2 cm³/mol. The number of nitro benzene ring substituents is 1. The molecular weight excluding hydrogens is 298 g/mol. The van der Waals surface area contributed by atoms with E-state index in [9.17, 15) is 10.1 Å². The van der Waals surface area contributed by atoms with Gasteiger partial charge in [0.25, 0.3) is 5.69 Å². The van der Waals surface area contributed by atoms with Crippen molar-refractivity contribution >= 4 is 21.6 Å². The Hall–Kier alpha value is -0.980. The summed E-state index contributed by atoms with van der Waals surface area (Å²) in [6, 6.07) is 5.26. The first-order chi connectivity index (χ1) is 8.45. The van der Waals surface area contributed by atoms with Crippen LogP contribution in [0.25, 0.3) is 0 Å². The molecule has 0 aromatic heterocycles. The zero-order valence-electron chi connectivity index (χ0n) is 10.2. The summed E-state index contributed by atoms with van der Waals surface area (Å²) in [5.74, 6) is 0.479. The third-order valence-corrected chi connectivity index (χ3v) is 3.76. The van der Waals surface area contributed by atoms with Crippen LogP contribution in [0.5, 0.6) is 0 Å². The molecule has 1 aromatic carbocycles. The van der Waals surface area contributed by atoms with Gasteiger partial charge in [0.05, 0.1) is 4.92 Å². The number of nitrogens with zero attached hydrogens (tertiary/aromatic N) is 2. The van der Waals surface area contributed by atoms with Gasteiger partial charge in [-0.1, -0.05) is 22.9 Å². The number of likely N-dealkylation sites (tertiary alicyclic amines) is 1. The second kappa shape index (κ2) is 5.34. The number of hydrogen-bond donors (Lipinski definition) is 1. The molecular formula is C12H16BrN3O2. The van der Waals surface area contributed by atoms with Gasteiger partial charge in [-0.15, -0.1) is 0 Å². The van der Waals surface area contributed by atoms with Gasteiger partial charge < -0.3 is 5.73 Å². The number of nitrogens with two attached hydrogens (primary N) is 1. The molecule has 1 heterocycles. The summed E-state index contributed by atoms with van der Waals surface area (Å²) in [7, 11) is 0. The Labute approximate surface area is 114 Å². The van der Waals surface area contributed by atoms with Crippen molar-refractivity contribution < 1.29 is 4.92 Å². The van der Waals surface area contributed by atoms with Crippen LogP contribution in [0.4, 0.5) is 5.69 Å². The van der Waals surface area contributed by atoms with Crippen LogP contribution in [0, 0.1) is 16.0 Å². The molecule has 2 N–H and O–H groups in total. The van der Waals surface area contributed by atoms with Gasteiger partial charge in [0.15, 0.2) is 0 Å². The minimum atomic E-state index is -0.368. The molecule has 0 amide bonds. The van der Waals surface area contributed by atoms with Crippen LogP contribution in [0.2, 0.25) is 0 Å². The topological polar surface area (TPSA) is 72.4 Å². The highest BCUT2D eigenvalue weighted by molar-refractivity contribution is 9.10. The van der Waals surface area contributed by atoms with Crippen molar-refractivity contribution in [3.05, 3.63) is 38.3 Å². The van der Waals surface area contributed by atoms with Crippen LogP contribution in [-0.4, -0.2) is 29.0 Å². The molecule has 18 heavy (non-hydrogen) atoms. The molecule has 5 nitrogen and oxygen atoms in total. The lowest BCUT2D eigenvalue weighted by Gasteiger charge is -2.15. The first kappa shape index (κ1) is 13.5. The van der Waals surface area contributed by atoms with Crippen molar-refractivity contribution in [1.29, 1.82) is 0 Å². The average molecular weight is 314 g/mol. The summed E-state index contributed by atoms with van der Waals surface area (Å²) >= 11 is 3.31. The third-order valence-electron chi connectivity index (χ3n) is 3.31. The number of halogens is 1. The molecule has 1 aliphatic rings. The lowest BCUT2D eigenvalue weighted by atomic mass is 10.1. The maximum atomic E-state index is 10.8. The zero-order valence-corrected chi connectivity index (χ0v) is 11.8. The van der Waals surface area contributed by atoms with Gasteiger partial charge in [-0.25, -0.2) is 0 Å². The van der Waals surface area contributed by atoms with Crippen LogP contribution in [0.3, 0.4) is 0 Å². The highest BCUT2D eigenvalue weighted by atomic mass is 79.9. The number of rotatable bonds is 3. The van der Waals surface area contributed by atoms with Crippen LogP contribution in [0.1, 0.15) is 12.5 Å². The molecule has 2 unspecified atom stereocenters. The highest BCUT2D eigenvalue weighted by Gasteiger charge is 2.26. The second-order valence-corrected chi connectivity index (χ2v) is 5.83. The van der Waals surface area contributed by atoms with Crippen LogP contribution in [-0.2, 0) is 6.54 Å². The lowest BCUT2D eigenvalue weighted by molar-refractivity contribution is -0.385. The molecule has 0 radical (unpaired) electrons. The largest absolute Gasteiger partial charge is 0.326 e. The molecule has 0 spiro atoms. The Morgan fingerprint density at radius 1 is 1.50 bits per heavy atom. The molecule has 6 heteroatoms. The zero-order chi connectivity index (χ0) is 13.3. The summed E-state index contributed by atoms with van der Waals surface area (Å²) in [5.41, 5.74) is 7.03. The van der Waals surface area contributed by atoms with Gasteiger partial charge >= 0.3 is 0 Å². The fourth-order valence-corrected chi connectivity index (χ4v) is 2.84. The smallest absolute Gasteiger partial charge is 0.270 e. The van der Waals surface area contributed by atoms with Crippen LogP contribution in [0.15, 0.2) is 22.7 Å². The molecule has 1 aromatic rings. The van der Waals surface area contributed by atoms with Gasteiger partial charge in [0.1, 0.15) is 0 Å². The molecule has 0 bridgehead atoms. The normalized spacial score (nSPS) is 24.4. The van der Waals surface area contributed by atoms with Gasteiger partial charge in [-0.3, -0.25) is 15.0 Å². The van der Waals surface area contributed by atoms with Gasteiger partial charge in [0, 0.05) is 42.3 Å². The Balaban J connectivity index is 2.12. The summed E-state index contributed by atoms with van der Waals surface area (Å²) in [4.78, 5) is 12.7. The third kappa shape index (κ3) is 3.07. The van der Waals surface area contributed by atoms with Gasteiger partial charge in [0.2, 0.25) is 0 Å². The summed E-state index contributed by atoms with van der Waals surface area (Å²) in [5, 5.41) is 10.8. The predicted octanol–water partition coefficient (Wildman–Crippen LogP) is 2.14. The van der Waals surface area contributed by atoms with Gasteiger partial charge in [-0.05, 0) is 17.5 Å². The van der Waals surface area contributed by atoms with E-state index >= 15 is 0 Å². The Bertz CT molecular complexity index is 457. The van der Waals surface area contributed by atoms with E-state index in [0.717, 1.165) is 23.1 Å². The van der Waals surface area contributed by atoms with E-state index in [-0.39, 0.29) is 16.7 Å². The molecule has 98 valence electrons. The minimum Gasteiger partial charge on any atom is -0.326 e. The Morgan fingerprint density at radius 2 is 2.22 bits per heavy atom. The van der Waals surface area contributed by atoms with E-state index in [2.05, 4.69) is 27.8 Å². The summed E-state index contributed by atoms with van der Waals surface area (Å²) in [6.07, 6.45) is 0. The van der Waals surface area contributed by atoms with Crippen LogP contribution < -0.4 is 5.73 Å². The van der Waals surface area contributed by atoms with Crippen molar-refractivity contribution in [2.45, 2.75) is 19.5 Å². The SMILES string of the molecule is CC1CN(Cc2cc(Br)cc([N+](=O)[O-])c2)CC1N. The Kier molecular flexibility index (Phi) is 3.99. The number of non-ortho nitro benzene ring substituents is 1. The number of benzene rings is 1. The molecule has 2 atom stereocenters. The molecule has 1 aliphatic heterocycles.